The van der Waals surface area contributed by atoms with Gasteiger partial charge in [-0.15, -0.1) is 0 Å². The SMILES string of the molecule is Cc1ccc2[nH]c3c(c2c1)CN(C(=O)c1cccnc1)C3. The van der Waals surface area contributed by atoms with Crippen LogP contribution in [-0.4, -0.2) is 20.8 Å². The standard InChI is InChI=1S/C17H15N3O/c1-11-4-5-15-13(7-11)14-9-20(10-16(14)19-15)17(21)12-3-2-6-18-8-12/h2-8,19H,9-10H2,1H3. The van der Waals surface area contributed by atoms with Gasteiger partial charge in [-0.1, -0.05) is 11.6 Å². The zero-order chi connectivity index (χ0) is 14.4. The summed E-state index contributed by atoms with van der Waals surface area (Å²) >= 11 is 0. The highest BCUT2D eigenvalue weighted by atomic mass is 16.2. The van der Waals surface area contributed by atoms with E-state index in [-0.39, 0.29) is 5.91 Å². The molecule has 0 spiro atoms. The van der Waals surface area contributed by atoms with E-state index < -0.39 is 0 Å². The molecule has 1 aliphatic heterocycles. The van der Waals surface area contributed by atoms with Gasteiger partial charge in [-0.05, 0) is 31.2 Å². The van der Waals surface area contributed by atoms with E-state index in [4.69, 9.17) is 0 Å². The monoisotopic (exact) mass is 277 g/mol. The fraction of sp³-hybridized carbons (Fsp3) is 0.176. The van der Waals surface area contributed by atoms with Gasteiger partial charge >= 0.3 is 0 Å². The molecule has 4 nitrogen and oxygen atoms in total. The van der Waals surface area contributed by atoms with Gasteiger partial charge < -0.3 is 9.88 Å². The largest absolute Gasteiger partial charge is 0.357 e. The molecule has 1 amide bonds. The number of aromatic amines is 1. The molecular formula is C17H15N3O. The summed E-state index contributed by atoms with van der Waals surface area (Å²) in [5.41, 5.74) is 5.42. The first-order valence-electron chi connectivity index (χ1n) is 7.02. The van der Waals surface area contributed by atoms with Crippen molar-refractivity contribution in [3.05, 3.63) is 65.1 Å². The summed E-state index contributed by atoms with van der Waals surface area (Å²) in [5, 5.41) is 1.23. The zero-order valence-electron chi connectivity index (χ0n) is 11.8. The number of hydrogen-bond acceptors (Lipinski definition) is 2. The number of nitrogens with one attached hydrogen (secondary N) is 1. The van der Waals surface area contributed by atoms with Gasteiger partial charge in [0.2, 0.25) is 0 Å². The highest BCUT2D eigenvalue weighted by Crippen LogP contribution is 2.31. The third-order valence-electron chi connectivity index (χ3n) is 4.04. The first-order valence-corrected chi connectivity index (χ1v) is 7.02. The van der Waals surface area contributed by atoms with Crippen LogP contribution in [0.2, 0.25) is 0 Å². The van der Waals surface area contributed by atoms with E-state index in [1.165, 1.54) is 16.5 Å². The molecular weight excluding hydrogens is 262 g/mol. The Labute approximate surface area is 122 Å². The third kappa shape index (κ3) is 1.91. The van der Waals surface area contributed by atoms with Crippen molar-refractivity contribution in [1.29, 1.82) is 0 Å². The lowest BCUT2D eigenvalue weighted by Crippen LogP contribution is -2.25. The van der Waals surface area contributed by atoms with Crippen LogP contribution in [0, 0.1) is 6.92 Å². The van der Waals surface area contributed by atoms with E-state index in [2.05, 4.69) is 35.1 Å². The number of fused-ring (bicyclic) bond motifs is 3. The smallest absolute Gasteiger partial charge is 0.256 e. The summed E-state index contributed by atoms with van der Waals surface area (Å²) in [6.45, 7) is 3.38. The van der Waals surface area contributed by atoms with Crippen molar-refractivity contribution in [3.63, 3.8) is 0 Å². The van der Waals surface area contributed by atoms with Gasteiger partial charge in [-0.2, -0.15) is 0 Å². The van der Waals surface area contributed by atoms with Crippen LogP contribution in [0.5, 0.6) is 0 Å². The molecule has 3 heterocycles. The maximum absolute atomic E-state index is 12.5. The predicted octanol–water partition coefficient (Wildman–Crippen LogP) is 3.03. The Morgan fingerprint density at radius 3 is 3.00 bits per heavy atom. The average Bonchev–Trinajstić information content (AvgIpc) is 3.05. The Morgan fingerprint density at radius 1 is 1.29 bits per heavy atom. The van der Waals surface area contributed by atoms with Gasteiger partial charge in [0.25, 0.3) is 5.91 Å². The Kier molecular flexibility index (Phi) is 2.57. The van der Waals surface area contributed by atoms with Gasteiger partial charge in [0.05, 0.1) is 12.1 Å². The van der Waals surface area contributed by atoms with Crippen molar-refractivity contribution in [2.75, 3.05) is 0 Å². The Balaban J connectivity index is 1.68. The van der Waals surface area contributed by atoms with E-state index in [9.17, 15) is 4.79 Å². The number of amides is 1. The summed E-state index contributed by atoms with van der Waals surface area (Å²) < 4.78 is 0. The molecule has 0 saturated carbocycles. The van der Waals surface area contributed by atoms with Crippen LogP contribution in [0.3, 0.4) is 0 Å². The van der Waals surface area contributed by atoms with Crippen LogP contribution in [0.1, 0.15) is 27.2 Å². The first kappa shape index (κ1) is 12.1. The number of carbonyl (C=O) groups is 1. The summed E-state index contributed by atoms with van der Waals surface area (Å²) in [5.74, 6) is 0.0357. The van der Waals surface area contributed by atoms with E-state index in [0.717, 1.165) is 11.2 Å². The van der Waals surface area contributed by atoms with Gasteiger partial charge in [0, 0.05) is 41.1 Å². The number of carbonyl (C=O) groups excluding carboxylic acids is 1. The van der Waals surface area contributed by atoms with Crippen LogP contribution < -0.4 is 0 Å². The predicted molar refractivity (Wildman–Crippen MR) is 80.9 cm³/mol. The Morgan fingerprint density at radius 2 is 2.19 bits per heavy atom. The summed E-state index contributed by atoms with van der Waals surface area (Å²) in [6.07, 6.45) is 3.30. The van der Waals surface area contributed by atoms with E-state index >= 15 is 0 Å². The number of benzene rings is 1. The van der Waals surface area contributed by atoms with Gasteiger partial charge in [0.1, 0.15) is 0 Å². The molecule has 4 heteroatoms. The summed E-state index contributed by atoms with van der Waals surface area (Å²) in [6, 6.07) is 10.00. The number of rotatable bonds is 1. The van der Waals surface area contributed by atoms with Crippen molar-refractivity contribution < 1.29 is 4.79 Å². The van der Waals surface area contributed by atoms with Crippen LogP contribution in [0.25, 0.3) is 10.9 Å². The van der Waals surface area contributed by atoms with Gasteiger partial charge in [-0.3, -0.25) is 9.78 Å². The first-order chi connectivity index (χ1) is 10.2. The molecule has 3 aromatic rings. The van der Waals surface area contributed by atoms with Crippen molar-refractivity contribution in [1.82, 2.24) is 14.9 Å². The molecule has 0 aliphatic carbocycles. The molecule has 1 aliphatic rings. The maximum atomic E-state index is 12.5. The highest BCUT2D eigenvalue weighted by molar-refractivity contribution is 5.95. The average molecular weight is 277 g/mol. The summed E-state index contributed by atoms with van der Waals surface area (Å²) in [4.78, 5) is 21.8. The zero-order valence-corrected chi connectivity index (χ0v) is 11.8. The second-order valence-electron chi connectivity index (χ2n) is 5.53. The quantitative estimate of drug-likeness (QED) is 0.743. The lowest BCUT2D eigenvalue weighted by molar-refractivity contribution is 0.0750. The minimum absolute atomic E-state index is 0.0357. The van der Waals surface area contributed by atoms with Crippen molar-refractivity contribution in [3.8, 4) is 0 Å². The molecule has 0 radical (unpaired) electrons. The van der Waals surface area contributed by atoms with Crippen molar-refractivity contribution in [2.45, 2.75) is 20.0 Å². The molecule has 1 aromatic carbocycles. The molecule has 0 atom stereocenters. The molecule has 21 heavy (non-hydrogen) atoms. The molecule has 1 N–H and O–H groups in total. The molecule has 0 unspecified atom stereocenters. The lowest BCUT2D eigenvalue weighted by atomic mass is 10.1. The molecule has 0 fully saturated rings. The van der Waals surface area contributed by atoms with Gasteiger partial charge in [0.15, 0.2) is 0 Å². The topological polar surface area (TPSA) is 49.0 Å². The number of pyridine rings is 1. The number of nitrogens with zero attached hydrogens (tertiary/aromatic N) is 2. The molecule has 104 valence electrons. The van der Waals surface area contributed by atoms with E-state index in [0.29, 0.717) is 18.7 Å². The second-order valence-corrected chi connectivity index (χ2v) is 5.53. The van der Waals surface area contributed by atoms with E-state index in [1.807, 2.05) is 11.0 Å². The number of aromatic nitrogens is 2. The number of hydrogen-bond donors (Lipinski definition) is 1. The van der Waals surface area contributed by atoms with Crippen LogP contribution in [0.4, 0.5) is 0 Å². The number of aryl methyl sites for hydroxylation is 1. The minimum atomic E-state index is 0.0357. The van der Waals surface area contributed by atoms with Crippen LogP contribution >= 0.6 is 0 Å². The van der Waals surface area contributed by atoms with Gasteiger partial charge in [-0.25, -0.2) is 0 Å². The maximum Gasteiger partial charge on any atom is 0.256 e. The molecule has 0 bridgehead atoms. The minimum Gasteiger partial charge on any atom is -0.357 e. The van der Waals surface area contributed by atoms with Crippen LogP contribution in [-0.2, 0) is 13.1 Å². The van der Waals surface area contributed by atoms with Crippen molar-refractivity contribution >= 4 is 16.8 Å². The normalized spacial score (nSPS) is 13.7. The Hall–Kier alpha value is -2.62. The highest BCUT2D eigenvalue weighted by Gasteiger charge is 2.27. The van der Waals surface area contributed by atoms with Crippen LogP contribution in [0.15, 0.2) is 42.7 Å². The molecule has 0 saturated heterocycles. The lowest BCUT2D eigenvalue weighted by Gasteiger charge is -2.15. The van der Waals surface area contributed by atoms with Crippen molar-refractivity contribution in [2.24, 2.45) is 0 Å². The third-order valence-corrected chi connectivity index (χ3v) is 4.04. The molecule has 2 aromatic heterocycles. The number of H-pyrrole nitrogens is 1. The second kappa shape index (κ2) is 4.45. The van der Waals surface area contributed by atoms with E-state index in [1.54, 1.807) is 18.5 Å². The fourth-order valence-corrected chi connectivity index (χ4v) is 2.99. The Bertz CT molecular complexity index is 836. The fourth-order valence-electron chi connectivity index (χ4n) is 2.99. The molecule has 4 rings (SSSR count). The summed E-state index contributed by atoms with van der Waals surface area (Å²) in [7, 11) is 0.